The summed E-state index contributed by atoms with van der Waals surface area (Å²) in [7, 11) is 2.14. The van der Waals surface area contributed by atoms with Gasteiger partial charge < -0.3 is 10.4 Å². The number of carboxylic acid groups (broad SMARTS) is 1. The molecular weight excluding hydrogens is 254 g/mol. The molecule has 2 N–H and O–H groups in total. The van der Waals surface area contributed by atoms with Crippen LogP contribution >= 0.6 is 0 Å². The molecule has 1 aromatic rings. The van der Waals surface area contributed by atoms with Gasteiger partial charge >= 0.3 is 5.97 Å². The van der Waals surface area contributed by atoms with E-state index in [9.17, 15) is 4.79 Å². The van der Waals surface area contributed by atoms with Gasteiger partial charge in [0, 0.05) is 24.3 Å². The highest BCUT2D eigenvalue weighted by Gasteiger charge is 2.28. The Morgan fingerprint density at radius 3 is 2.80 bits per heavy atom. The van der Waals surface area contributed by atoms with Crippen LogP contribution in [0.1, 0.15) is 42.7 Å². The second-order valence-corrected chi connectivity index (χ2v) is 5.52. The van der Waals surface area contributed by atoms with Crippen LogP contribution in [0.2, 0.25) is 0 Å². The van der Waals surface area contributed by atoms with E-state index in [0.29, 0.717) is 17.4 Å². The number of carboxylic acids is 1. The van der Waals surface area contributed by atoms with Gasteiger partial charge in [0.1, 0.15) is 5.82 Å². The maximum atomic E-state index is 11.1. The number of aromatic nitrogens is 1. The summed E-state index contributed by atoms with van der Waals surface area (Å²) in [5, 5.41) is 12.4. The van der Waals surface area contributed by atoms with Crippen molar-refractivity contribution >= 4 is 11.8 Å². The maximum Gasteiger partial charge on any atom is 0.335 e. The first kappa shape index (κ1) is 14.8. The van der Waals surface area contributed by atoms with E-state index in [1.807, 2.05) is 6.92 Å². The number of nitrogens with zero attached hydrogens (tertiary/aromatic N) is 2. The lowest BCUT2D eigenvalue weighted by molar-refractivity contribution is 0.0696. The van der Waals surface area contributed by atoms with Crippen molar-refractivity contribution in [2.45, 2.75) is 45.2 Å². The molecule has 110 valence electrons. The van der Waals surface area contributed by atoms with E-state index in [4.69, 9.17) is 5.11 Å². The van der Waals surface area contributed by atoms with Crippen LogP contribution in [-0.4, -0.2) is 46.6 Å². The van der Waals surface area contributed by atoms with E-state index in [1.54, 1.807) is 12.1 Å². The third-order valence-corrected chi connectivity index (χ3v) is 3.88. The maximum absolute atomic E-state index is 11.1. The number of rotatable bonds is 7. The van der Waals surface area contributed by atoms with E-state index >= 15 is 0 Å². The molecule has 0 amide bonds. The Labute approximate surface area is 120 Å². The first-order chi connectivity index (χ1) is 9.51. The van der Waals surface area contributed by atoms with Crippen LogP contribution in [0.3, 0.4) is 0 Å². The third kappa shape index (κ3) is 3.70. The molecule has 1 aromatic heterocycles. The summed E-state index contributed by atoms with van der Waals surface area (Å²) in [5.74, 6) is -0.258. The second kappa shape index (κ2) is 6.22. The Morgan fingerprint density at radius 2 is 2.25 bits per heavy atom. The van der Waals surface area contributed by atoms with E-state index < -0.39 is 5.97 Å². The molecule has 20 heavy (non-hydrogen) atoms. The number of anilines is 1. The molecule has 2 rings (SSSR count). The van der Waals surface area contributed by atoms with Crippen molar-refractivity contribution in [2.24, 2.45) is 0 Å². The van der Waals surface area contributed by atoms with Gasteiger partial charge in [-0.2, -0.15) is 0 Å². The summed E-state index contributed by atoms with van der Waals surface area (Å²) in [4.78, 5) is 17.9. The van der Waals surface area contributed by atoms with Crippen LogP contribution in [0.15, 0.2) is 12.1 Å². The fourth-order valence-electron chi connectivity index (χ4n) is 2.22. The van der Waals surface area contributed by atoms with Crippen molar-refractivity contribution in [3.63, 3.8) is 0 Å². The fraction of sp³-hybridized carbons (Fsp3) is 0.600. The number of hydrogen-bond acceptors (Lipinski definition) is 4. The monoisotopic (exact) mass is 277 g/mol. The Kier molecular flexibility index (Phi) is 4.60. The Morgan fingerprint density at radius 1 is 1.55 bits per heavy atom. The van der Waals surface area contributed by atoms with Crippen molar-refractivity contribution in [3.05, 3.63) is 23.4 Å². The fourth-order valence-corrected chi connectivity index (χ4v) is 2.22. The molecular formula is C15H23N3O2. The highest BCUT2D eigenvalue weighted by atomic mass is 16.4. The summed E-state index contributed by atoms with van der Waals surface area (Å²) >= 11 is 0. The lowest BCUT2D eigenvalue weighted by atomic mass is 10.2. The van der Waals surface area contributed by atoms with Crippen LogP contribution in [0.25, 0.3) is 0 Å². The van der Waals surface area contributed by atoms with E-state index in [1.165, 1.54) is 12.8 Å². The first-order valence-electron chi connectivity index (χ1n) is 7.21. The van der Waals surface area contributed by atoms with Gasteiger partial charge in [-0.3, -0.25) is 4.90 Å². The molecule has 5 heteroatoms. The van der Waals surface area contributed by atoms with Gasteiger partial charge in [0.25, 0.3) is 0 Å². The summed E-state index contributed by atoms with van der Waals surface area (Å²) in [6, 6.07) is 4.36. The molecule has 1 unspecified atom stereocenters. The zero-order chi connectivity index (χ0) is 14.7. The number of hydrogen-bond donors (Lipinski definition) is 2. The molecule has 0 aliphatic heterocycles. The predicted molar refractivity (Wildman–Crippen MR) is 79.3 cm³/mol. The molecule has 1 aliphatic rings. The van der Waals surface area contributed by atoms with Crippen LogP contribution in [-0.2, 0) is 6.42 Å². The first-order valence-corrected chi connectivity index (χ1v) is 7.21. The Balaban J connectivity index is 2.00. The molecule has 0 saturated heterocycles. The Bertz CT molecular complexity index is 486. The zero-order valence-electron chi connectivity index (χ0n) is 12.4. The van der Waals surface area contributed by atoms with Crippen molar-refractivity contribution in [3.8, 4) is 0 Å². The third-order valence-electron chi connectivity index (χ3n) is 3.88. The van der Waals surface area contributed by atoms with Gasteiger partial charge in [-0.15, -0.1) is 0 Å². The summed E-state index contributed by atoms with van der Waals surface area (Å²) in [6.45, 7) is 4.92. The summed E-state index contributed by atoms with van der Waals surface area (Å²) in [5.41, 5.74) is 1.10. The van der Waals surface area contributed by atoms with Gasteiger partial charge in [-0.1, -0.05) is 6.92 Å². The number of carbonyl (C=O) groups is 1. The van der Waals surface area contributed by atoms with Gasteiger partial charge in [-0.05, 0) is 45.4 Å². The average Bonchev–Trinajstić information content (AvgIpc) is 3.27. The SMILES string of the molecule is CCc1cc(C(=O)O)cc(NCC(C)N(C)C2CC2)n1. The second-order valence-electron chi connectivity index (χ2n) is 5.52. The number of likely N-dealkylation sites (N-methyl/N-ethyl adjacent to an activating group) is 1. The molecule has 1 saturated carbocycles. The topological polar surface area (TPSA) is 65.5 Å². The minimum atomic E-state index is -0.909. The van der Waals surface area contributed by atoms with Gasteiger partial charge in [0.15, 0.2) is 0 Å². The van der Waals surface area contributed by atoms with Crippen molar-refractivity contribution in [1.82, 2.24) is 9.88 Å². The highest BCUT2D eigenvalue weighted by molar-refractivity contribution is 5.88. The number of pyridine rings is 1. The summed E-state index contributed by atoms with van der Waals surface area (Å²) < 4.78 is 0. The lowest BCUT2D eigenvalue weighted by Crippen LogP contribution is -2.36. The van der Waals surface area contributed by atoms with E-state index in [0.717, 1.165) is 24.7 Å². The van der Waals surface area contributed by atoms with Crippen LogP contribution in [0, 0.1) is 0 Å². The van der Waals surface area contributed by atoms with E-state index in [2.05, 4.69) is 29.2 Å². The highest BCUT2D eigenvalue weighted by Crippen LogP contribution is 2.26. The average molecular weight is 277 g/mol. The minimum Gasteiger partial charge on any atom is -0.478 e. The largest absolute Gasteiger partial charge is 0.478 e. The van der Waals surface area contributed by atoms with Crippen LogP contribution < -0.4 is 5.32 Å². The van der Waals surface area contributed by atoms with Gasteiger partial charge in [0.2, 0.25) is 0 Å². The molecule has 0 spiro atoms. The van der Waals surface area contributed by atoms with Gasteiger partial charge in [-0.25, -0.2) is 9.78 Å². The number of aromatic carboxylic acids is 1. The molecule has 1 heterocycles. The van der Waals surface area contributed by atoms with Crippen molar-refractivity contribution in [1.29, 1.82) is 0 Å². The van der Waals surface area contributed by atoms with Crippen LogP contribution in [0.5, 0.6) is 0 Å². The molecule has 1 fully saturated rings. The molecule has 1 atom stereocenters. The normalized spacial score (nSPS) is 16.2. The number of aryl methyl sites for hydroxylation is 1. The van der Waals surface area contributed by atoms with Gasteiger partial charge in [0.05, 0.1) is 5.56 Å². The minimum absolute atomic E-state index is 0.294. The molecule has 1 aliphatic carbocycles. The molecule has 5 nitrogen and oxygen atoms in total. The molecule has 0 aromatic carbocycles. The standard InChI is InChI=1S/C15H23N3O2/c1-4-12-7-11(15(19)20)8-14(17-12)16-9-10(2)18(3)13-5-6-13/h7-8,10,13H,4-6,9H2,1-3H3,(H,16,17)(H,19,20). The van der Waals surface area contributed by atoms with Crippen molar-refractivity contribution in [2.75, 3.05) is 18.9 Å². The number of nitrogens with one attached hydrogen (secondary N) is 1. The smallest absolute Gasteiger partial charge is 0.335 e. The van der Waals surface area contributed by atoms with Crippen LogP contribution in [0.4, 0.5) is 5.82 Å². The summed E-state index contributed by atoms with van der Waals surface area (Å²) in [6.07, 6.45) is 3.30. The quantitative estimate of drug-likeness (QED) is 0.800. The zero-order valence-corrected chi connectivity index (χ0v) is 12.4. The van der Waals surface area contributed by atoms with E-state index in [-0.39, 0.29) is 0 Å². The van der Waals surface area contributed by atoms with Crippen molar-refractivity contribution < 1.29 is 9.90 Å². The molecule has 0 radical (unpaired) electrons. The Hall–Kier alpha value is -1.62. The molecule has 0 bridgehead atoms. The lowest BCUT2D eigenvalue weighted by Gasteiger charge is -2.25. The predicted octanol–water partition coefficient (Wildman–Crippen LogP) is 2.24.